The normalized spacial score (nSPS) is 17.1. The summed E-state index contributed by atoms with van der Waals surface area (Å²) in [4.78, 5) is 0.246. The van der Waals surface area contributed by atoms with Crippen LogP contribution >= 0.6 is 15.9 Å². The maximum Gasteiger partial charge on any atom is 0.244 e. The van der Waals surface area contributed by atoms with Gasteiger partial charge in [-0.15, -0.1) is 0 Å². The van der Waals surface area contributed by atoms with Crippen molar-refractivity contribution in [2.24, 2.45) is 0 Å². The van der Waals surface area contributed by atoms with Crippen LogP contribution in [0.5, 0.6) is 0 Å². The Morgan fingerprint density at radius 2 is 1.95 bits per heavy atom. The van der Waals surface area contributed by atoms with Gasteiger partial charge in [-0.3, -0.25) is 0 Å². The van der Waals surface area contributed by atoms with Gasteiger partial charge < -0.3 is 5.11 Å². The topological polar surface area (TPSA) is 57.6 Å². The molecule has 0 atom stereocenters. The van der Waals surface area contributed by atoms with E-state index in [0.717, 1.165) is 31.2 Å². The number of hydrogen-bond acceptors (Lipinski definition) is 3. The van der Waals surface area contributed by atoms with Gasteiger partial charge in [0.1, 0.15) is 0 Å². The molecule has 1 saturated carbocycles. The third-order valence-electron chi connectivity index (χ3n) is 3.96. The molecule has 20 heavy (non-hydrogen) atoms. The van der Waals surface area contributed by atoms with Gasteiger partial charge in [-0.25, -0.2) is 8.42 Å². The minimum absolute atomic E-state index is 0.0880. The number of aliphatic hydroxyl groups excluding tert-OH is 1. The highest BCUT2D eigenvalue weighted by Gasteiger charge is 2.31. The molecule has 2 rings (SSSR count). The van der Waals surface area contributed by atoms with Crippen LogP contribution in [0.3, 0.4) is 0 Å². The van der Waals surface area contributed by atoms with Crippen molar-refractivity contribution >= 4 is 26.0 Å². The Hall–Kier alpha value is -0.430. The number of hydrogen-bond donors (Lipinski definition) is 1. The highest BCUT2D eigenvalue weighted by atomic mass is 79.9. The summed E-state index contributed by atoms with van der Waals surface area (Å²) >= 11 is 3.37. The molecule has 0 bridgehead atoms. The molecule has 0 radical (unpaired) electrons. The third-order valence-corrected chi connectivity index (χ3v) is 7.21. The van der Waals surface area contributed by atoms with Crippen molar-refractivity contribution in [3.05, 3.63) is 27.7 Å². The quantitative estimate of drug-likeness (QED) is 0.896. The SMILES string of the molecule is Cc1cc(CO)cc(S(=O)(=O)N(C)C2CCCC2)c1Br. The van der Waals surface area contributed by atoms with E-state index >= 15 is 0 Å². The van der Waals surface area contributed by atoms with Crippen LogP contribution in [0.4, 0.5) is 0 Å². The second-order valence-corrected chi connectivity index (χ2v) is 8.10. The van der Waals surface area contributed by atoms with Gasteiger partial charge in [0.05, 0.1) is 11.5 Å². The third kappa shape index (κ3) is 2.93. The molecule has 1 aliphatic rings. The molecule has 0 aliphatic heterocycles. The average Bonchev–Trinajstić information content (AvgIpc) is 2.94. The first kappa shape index (κ1) is 15.9. The zero-order valence-electron chi connectivity index (χ0n) is 11.8. The van der Waals surface area contributed by atoms with Gasteiger partial charge in [-0.1, -0.05) is 18.9 Å². The standard InChI is InChI=1S/C14H20BrNO3S/c1-10-7-11(9-17)8-13(14(10)15)20(18,19)16(2)12-5-3-4-6-12/h7-8,12,17H,3-6,9H2,1-2H3. The Bertz CT molecular complexity index is 595. The molecular formula is C14H20BrNO3S. The van der Waals surface area contributed by atoms with E-state index in [1.165, 1.54) is 4.31 Å². The van der Waals surface area contributed by atoms with Gasteiger partial charge in [0, 0.05) is 17.6 Å². The van der Waals surface area contributed by atoms with Crippen molar-refractivity contribution in [2.45, 2.75) is 50.2 Å². The lowest BCUT2D eigenvalue weighted by Crippen LogP contribution is -2.35. The monoisotopic (exact) mass is 361 g/mol. The first-order valence-corrected chi connectivity index (χ1v) is 8.99. The van der Waals surface area contributed by atoms with Gasteiger partial charge in [0.15, 0.2) is 0 Å². The fourth-order valence-corrected chi connectivity index (χ4v) is 5.15. The predicted molar refractivity (Wildman–Crippen MR) is 82.0 cm³/mol. The molecule has 0 unspecified atom stereocenters. The lowest BCUT2D eigenvalue weighted by atomic mass is 10.1. The van der Waals surface area contributed by atoms with Crippen molar-refractivity contribution in [3.8, 4) is 0 Å². The summed E-state index contributed by atoms with van der Waals surface area (Å²) in [6.45, 7) is 1.67. The van der Waals surface area contributed by atoms with Crippen LogP contribution in [0.1, 0.15) is 36.8 Å². The van der Waals surface area contributed by atoms with Crippen LogP contribution in [0.15, 0.2) is 21.5 Å². The van der Waals surface area contributed by atoms with Crippen LogP contribution in [-0.2, 0) is 16.6 Å². The number of benzene rings is 1. The Labute approximate surface area is 129 Å². The van der Waals surface area contributed by atoms with E-state index in [2.05, 4.69) is 15.9 Å². The molecule has 112 valence electrons. The van der Waals surface area contributed by atoms with Crippen LogP contribution in [0.2, 0.25) is 0 Å². The van der Waals surface area contributed by atoms with Crippen molar-refractivity contribution in [3.63, 3.8) is 0 Å². The summed E-state index contributed by atoms with van der Waals surface area (Å²) in [7, 11) is -1.88. The lowest BCUT2D eigenvalue weighted by molar-refractivity contribution is 0.281. The van der Waals surface area contributed by atoms with Crippen LogP contribution in [-0.4, -0.2) is 30.9 Å². The predicted octanol–water partition coefficient (Wildman–Crippen LogP) is 2.81. The molecule has 4 nitrogen and oxygen atoms in total. The number of sulfonamides is 1. The maximum absolute atomic E-state index is 12.8. The van der Waals surface area contributed by atoms with E-state index in [0.29, 0.717) is 10.0 Å². The molecule has 0 spiro atoms. The highest BCUT2D eigenvalue weighted by Crippen LogP contribution is 2.32. The van der Waals surface area contributed by atoms with Gasteiger partial charge in [0.2, 0.25) is 10.0 Å². The molecule has 1 aliphatic carbocycles. The van der Waals surface area contributed by atoms with Gasteiger partial charge in [0.25, 0.3) is 0 Å². The minimum atomic E-state index is -3.53. The molecule has 0 amide bonds. The average molecular weight is 362 g/mol. The summed E-state index contributed by atoms with van der Waals surface area (Å²) < 4.78 is 27.6. The summed E-state index contributed by atoms with van der Waals surface area (Å²) in [6.07, 6.45) is 4.01. The number of aryl methyl sites for hydroxylation is 1. The molecule has 0 saturated heterocycles. The van der Waals surface area contributed by atoms with E-state index in [1.54, 1.807) is 19.2 Å². The summed E-state index contributed by atoms with van der Waals surface area (Å²) in [5, 5.41) is 9.27. The molecular weight excluding hydrogens is 342 g/mol. The number of rotatable bonds is 4. The van der Waals surface area contributed by atoms with Crippen LogP contribution in [0, 0.1) is 6.92 Å². The summed E-state index contributed by atoms with van der Waals surface area (Å²) in [5.41, 5.74) is 1.43. The largest absolute Gasteiger partial charge is 0.392 e. The van der Waals surface area contributed by atoms with E-state index in [-0.39, 0.29) is 17.5 Å². The van der Waals surface area contributed by atoms with E-state index in [9.17, 15) is 13.5 Å². The van der Waals surface area contributed by atoms with Gasteiger partial charge >= 0.3 is 0 Å². The Morgan fingerprint density at radius 3 is 2.50 bits per heavy atom. The fourth-order valence-electron chi connectivity index (χ4n) is 2.71. The zero-order chi connectivity index (χ0) is 14.9. The number of halogens is 1. The molecule has 1 aromatic rings. The van der Waals surface area contributed by atoms with Crippen molar-refractivity contribution < 1.29 is 13.5 Å². The molecule has 1 fully saturated rings. The first-order valence-electron chi connectivity index (χ1n) is 6.76. The Kier molecular flexibility index (Phi) is 4.89. The second kappa shape index (κ2) is 6.13. The van der Waals surface area contributed by atoms with Crippen molar-refractivity contribution in [1.82, 2.24) is 4.31 Å². The van der Waals surface area contributed by atoms with Crippen molar-refractivity contribution in [2.75, 3.05) is 7.05 Å². The van der Waals surface area contributed by atoms with Crippen LogP contribution in [0.25, 0.3) is 0 Å². The first-order chi connectivity index (χ1) is 9.37. The fraction of sp³-hybridized carbons (Fsp3) is 0.571. The van der Waals surface area contributed by atoms with Crippen LogP contribution < -0.4 is 0 Å². The zero-order valence-corrected chi connectivity index (χ0v) is 14.2. The summed E-state index contributed by atoms with van der Waals surface area (Å²) in [5.74, 6) is 0. The number of nitrogens with zero attached hydrogens (tertiary/aromatic N) is 1. The van der Waals surface area contributed by atoms with Crippen molar-refractivity contribution in [1.29, 1.82) is 0 Å². The molecule has 0 heterocycles. The van der Waals surface area contributed by atoms with Gasteiger partial charge in [-0.2, -0.15) is 4.31 Å². The molecule has 6 heteroatoms. The van der Waals surface area contributed by atoms with E-state index in [1.807, 2.05) is 6.92 Å². The molecule has 1 N–H and O–H groups in total. The smallest absolute Gasteiger partial charge is 0.244 e. The summed E-state index contributed by atoms with van der Waals surface area (Å²) in [6, 6.07) is 3.43. The maximum atomic E-state index is 12.8. The molecule has 0 aromatic heterocycles. The Balaban J connectivity index is 2.45. The van der Waals surface area contributed by atoms with Gasteiger partial charge in [-0.05, 0) is 52.9 Å². The Morgan fingerprint density at radius 1 is 1.35 bits per heavy atom. The lowest BCUT2D eigenvalue weighted by Gasteiger charge is -2.24. The highest BCUT2D eigenvalue weighted by molar-refractivity contribution is 9.10. The second-order valence-electron chi connectivity index (χ2n) is 5.34. The minimum Gasteiger partial charge on any atom is -0.392 e. The molecule has 1 aromatic carbocycles. The van der Waals surface area contributed by atoms with E-state index < -0.39 is 10.0 Å². The number of aliphatic hydroxyl groups is 1. The van der Waals surface area contributed by atoms with E-state index in [4.69, 9.17) is 0 Å².